The molecule has 4 rings (SSSR count). The zero-order chi connectivity index (χ0) is 22.3. The van der Waals surface area contributed by atoms with Crippen LogP contribution < -0.4 is 10.2 Å². The number of para-hydroxylation sites is 1. The number of aliphatic imine (C=N–C) groups is 1. The van der Waals surface area contributed by atoms with Crippen molar-refractivity contribution >= 4 is 11.6 Å². The highest BCUT2D eigenvalue weighted by atomic mass is 19.1. The number of halogens is 1. The molecule has 0 spiro atoms. The number of anilines is 1. The molecule has 2 fully saturated rings. The van der Waals surface area contributed by atoms with Crippen LogP contribution in [0.5, 0.6) is 0 Å². The minimum absolute atomic E-state index is 0.126. The Morgan fingerprint density at radius 2 is 2.00 bits per heavy atom. The topological polar surface area (TPSA) is 51.9 Å². The summed E-state index contributed by atoms with van der Waals surface area (Å²) in [6.45, 7) is 10.6. The lowest BCUT2D eigenvalue weighted by Crippen LogP contribution is -2.47. The summed E-state index contributed by atoms with van der Waals surface area (Å²) in [5.41, 5.74) is 2.04. The minimum atomic E-state index is -0.126. The highest BCUT2D eigenvalue weighted by Gasteiger charge is 2.27. The molecule has 1 aromatic heterocycles. The molecule has 1 N–H and O–H groups in total. The number of hydrogen-bond acceptors (Lipinski definition) is 4. The van der Waals surface area contributed by atoms with Crippen molar-refractivity contribution in [3.05, 3.63) is 48.0 Å². The number of likely N-dealkylation sites (tertiary alicyclic amines) is 1. The Labute approximate surface area is 190 Å². The summed E-state index contributed by atoms with van der Waals surface area (Å²) < 4.78 is 15.9. The number of nitrogens with zero attached hydrogens (tertiary/aromatic N) is 6. The van der Waals surface area contributed by atoms with Gasteiger partial charge < -0.3 is 15.1 Å². The fraction of sp³-hybridized carbons (Fsp3) is 0.583. The van der Waals surface area contributed by atoms with Crippen LogP contribution in [-0.2, 0) is 7.05 Å². The second kappa shape index (κ2) is 10.8. The van der Waals surface area contributed by atoms with Crippen molar-refractivity contribution in [2.24, 2.45) is 12.0 Å². The van der Waals surface area contributed by atoms with Crippen LogP contribution in [0.2, 0.25) is 0 Å². The zero-order valence-corrected chi connectivity index (χ0v) is 19.4. The molecule has 1 unspecified atom stereocenters. The Morgan fingerprint density at radius 1 is 1.19 bits per heavy atom. The number of hydrogen-bond donors (Lipinski definition) is 1. The number of aromatic nitrogens is 2. The van der Waals surface area contributed by atoms with Gasteiger partial charge in [-0.15, -0.1) is 0 Å². The number of rotatable bonds is 7. The summed E-state index contributed by atoms with van der Waals surface area (Å²) in [4.78, 5) is 11.9. The van der Waals surface area contributed by atoms with Crippen LogP contribution in [0.15, 0.2) is 41.7 Å². The van der Waals surface area contributed by atoms with Crippen molar-refractivity contribution in [1.29, 1.82) is 0 Å². The van der Waals surface area contributed by atoms with Gasteiger partial charge in [-0.3, -0.25) is 14.6 Å². The monoisotopic (exact) mass is 441 g/mol. The number of benzene rings is 1. The largest absolute Gasteiger partial charge is 0.367 e. The second-order valence-corrected chi connectivity index (χ2v) is 8.75. The van der Waals surface area contributed by atoms with Crippen LogP contribution in [0.3, 0.4) is 0 Å². The molecule has 3 heterocycles. The van der Waals surface area contributed by atoms with Crippen LogP contribution in [0.1, 0.15) is 31.2 Å². The Bertz CT molecular complexity index is 888. The van der Waals surface area contributed by atoms with Crippen LogP contribution in [-0.4, -0.2) is 84.4 Å². The van der Waals surface area contributed by atoms with E-state index < -0.39 is 0 Å². The van der Waals surface area contributed by atoms with Gasteiger partial charge in [0.1, 0.15) is 5.82 Å². The van der Waals surface area contributed by atoms with Crippen molar-refractivity contribution in [2.75, 3.05) is 63.8 Å². The van der Waals surface area contributed by atoms with Crippen molar-refractivity contribution in [3.63, 3.8) is 0 Å². The predicted molar refractivity (Wildman–Crippen MR) is 128 cm³/mol. The molecule has 1 atom stereocenters. The number of piperazine rings is 1. The Hall–Kier alpha value is -2.61. The Morgan fingerprint density at radius 3 is 2.72 bits per heavy atom. The van der Waals surface area contributed by atoms with E-state index in [0.29, 0.717) is 5.92 Å². The SMILES string of the molecule is CCNC(=NCCCN1CCN(c2ccccc2F)CC1)N1CCC(c2cnn(C)c2)C1. The molecule has 0 bridgehead atoms. The van der Waals surface area contributed by atoms with Gasteiger partial charge in [0.05, 0.1) is 11.9 Å². The summed E-state index contributed by atoms with van der Waals surface area (Å²) in [6.07, 6.45) is 6.30. The third-order valence-electron chi connectivity index (χ3n) is 6.48. The highest BCUT2D eigenvalue weighted by molar-refractivity contribution is 5.80. The lowest BCUT2D eigenvalue weighted by Gasteiger charge is -2.36. The van der Waals surface area contributed by atoms with Crippen LogP contribution in [0, 0.1) is 5.82 Å². The number of nitrogens with one attached hydrogen (secondary N) is 1. The molecule has 8 heteroatoms. The van der Waals surface area contributed by atoms with Gasteiger partial charge in [-0.2, -0.15) is 5.10 Å². The van der Waals surface area contributed by atoms with E-state index in [-0.39, 0.29) is 5.82 Å². The highest BCUT2D eigenvalue weighted by Crippen LogP contribution is 2.26. The molecule has 0 amide bonds. The minimum Gasteiger partial charge on any atom is -0.367 e. The van der Waals surface area contributed by atoms with E-state index in [1.165, 1.54) is 5.56 Å². The number of guanidine groups is 1. The van der Waals surface area contributed by atoms with Crippen molar-refractivity contribution in [3.8, 4) is 0 Å². The fourth-order valence-electron chi connectivity index (χ4n) is 4.70. The maximum atomic E-state index is 14.0. The third-order valence-corrected chi connectivity index (χ3v) is 6.48. The van der Waals surface area contributed by atoms with Crippen molar-refractivity contribution in [1.82, 2.24) is 24.9 Å². The molecule has 1 aromatic carbocycles. The maximum Gasteiger partial charge on any atom is 0.193 e. The first-order valence-electron chi connectivity index (χ1n) is 11.9. The van der Waals surface area contributed by atoms with Crippen molar-refractivity contribution < 1.29 is 4.39 Å². The summed E-state index contributed by atoms with van der Waals surface area (Å²) in [5, 5.41) is 7.79. The molecule has 0 saturated carbocycles. The van der Waals surface area contributed by atoms with Crippen molar-refractivity contribution in [2.45, 2.75) is 25.7 Å². The van der Waals surface area contributed by atoms with Crippen LogP contribution in [0.4, 0.5) is 10.1 Å². The summed E-state index contributed by atoms with van der Waals surface area (Å²) >= 11 is 0. The fourth-order valence-corrected chi connectivity index (χ4v) is 4.70. The first-order valence-corrected chi connectivity index (χ1v) is 11.9. The maximum absolute atomic E-state index is 14.0. The van der Waals surface area contributed by atoms with Gasteiger partial charge in [-0.1, -0.05) is 12.1 Å². The normalized spacial score (nSPS) is 20.2. The summed E-state index contributed by atoms with van der Waals surface area (Å²) in [5.74, 6) is 1.43. The van der Waals surface area contributed by atoms with Gasteiger partial charge in [0, 0.05) is 78.1 Å². The molecule has 32 heavy (non-hydrogen) atoms. The molecule has 2 aromatic rings. The second-order valence-electron chi connectivity index (χ2n) is 8.75. The smallest absolute Gasteiger partial charge is 0.193 e. The molecule has 2 saturated heterocycles. The molecule has 174 valence electrons. The van der Waals surface area contributed by atoms with E-state index in [1.807, 2.05) is 30.1 Å². The predicted octanol–water partition coefficient (Wildman–Crippen LogP) is 2.53. The first kappa shape index (κ1) is 22.6. The molecule has 0 aliphatic carbocycles. The molecular formula is C24H36FN7. The van der Waals surface area contributed by atoms with Gasteiger partial charge in [-0.25, -0.2) is 4.39 Å². The van der Waals surface area contributed by atoms with E-state index in [0.717, 1.165) is 83.4 Å². The van der Waals surface area contributed by atoms with Crippen LogP contribution in [0.25, 0.3) is 0 Å². The lowest BCUT2D eigenvalue weighted by atomic mass is 10.0. The summed E-state index contributed by atoms with van der Waals surface area (Å²) in [6, 6.07) is 7.07. The van der Waals surface area contributed by atoms with E-state index in [4.69, 9.17) is 4.99 Å². The third kappa shape index (κ3) is 5.59. The first-order chi connectivity index (χ1) is 15.6. The van der Waals surface area contributed by atoms with E-state index in [1.54, 1.807) is 12.1 Å². The molecule has 2 aliphatic rings. The van der Waals surface area contributed by atoms with E-state index >= 15 is 0 Å². The quantitative estimate of drug-likeness (QED) is 0.407. The summed E-state index contributed by atoms with van der Waals surface area (Å²) in [7, 11) is 1.97. The van der Waals surface area contributed by atoms with Gasteiger partial charge in [-0.05, 0) is 37.5 Å². The van der Waals surface area contributed by atoms with Gasteiger partial charge >= 0.3 is 0 Å². The average molecular weight is 442 g/mol. The van der Waals surface area contributed by atoms with Gasteiger partial charge in [0.25, 0.3) is 0 Å². The number of aryl methyl sites for hydroxylation is 1. The van der Waals surface area contributed by atoms with Crippen LogP contribution >= 0.6 is 0 Å². The van der Waals surface area contributed by atoms with E-state index in [9.17, 15) is 4.39 Å². The standard InChI is InChI=1S/C24H36FN7/c1-3-26-24(32-12-9-20(19-32)21-17-28-29(2)18-21)27-10-6-11-30-13-15-31(16-14-30)23-8-5-4-7-22(23)25/h4-5,7-8,17-18,20H,3,6,9-16,19H2,1-2H3,(H,26,27). The lowest BCUT2D eigenvalue weighted by molar-refractivity contribution is 0.255. The van der Waals surface area contributed by atoms with Gasteiger partial charge in [0.15, 0.2) is 5.96 Å². The van der Waals surface area contributed by atoms with E-state index in [2.05, 4.69) is 38.2 Å². The average Bonchev–Trinajstić information content (AvgIpc) is 3.46. The zero-order valence-electron chi connectivity index (χ0n) is 19.4. The Balaban J connectivity index is 1.22. The molecule has 7 nitrogen and oxygen atoms in total. The molecule has 0 radical (unpaired) electrons. The van der Waals surface area contributed by atoms with Gasteiger partial charge in [0.2, 0.25) is 0 Å². The molecule has 2 aliphatic heterocycles. The molecular weight excluding hydrogens is 405 g/mol. The Kier molecular flexibility index (Phi) is 7.63.